The number of hydrogen-bond donors (Lipinski definition) is 0. The van der Waals surface area contributed by atoms with Crippen LogP contribution in [0.2, 0.25) is 0 Å². The maximum Gasteiger partial charge on any atom is 0.326 e. The summed E-state index contributed by atoms with van der Waals surface area (Å²) < 4.78 is 15.3. The second-order valence-corrected chi connectivity index (χ2v) is 5.05. The lowest BCUT2D eigenvalue weighted by atomic mass is 10.1. The van der Waals surface area contributed by atoms with Gasteiger partial charge in [-0.25, -0.2) is 9.97 Å². The monoisotopic (exact) mass is 345 g/mol. The number of carbonyl (C=O) groups excluding carboxylic acids is 2. The Bertz CT molecular complexity index is 736. The van der Waals surface area contributed by atoms with Crippen LogP contribution in [-0.2, 0) is 9.53 Å². The molecule has 0 spiro atoms. The molecular formula is C17H19N3O5. The molecule has 1 aromatic carbocycles. The van der Waals surface area contributed by atoms with Crippen molar-refractivity contribution in [3.63, 3.8) is 0 Å². The third-order valence-electron chi connectivity index (χ3n) is 3.33. The number of hydrogen-bond acceptors (Lipinski definition) is 8. The molecule has 0 aliphatic heterocycles. The van der Waals surface area contributed by atoms with E-state index in [0.29, 0.717) is 23.0 Å². The Labute approximate surface area is 145 Å². The first-order chi connectivity index (χ1) is 12.0. The molecule has 132 valence electrons. The van der Waals surface area contributed by atoms with Crippen LogP contribution in [0.3, 0.4) is 0 Å². The van der Waals surface area contributed by atoms with E-state index >= 15 is 0 Å². The zero-order valence-electron chi connectivity index (χ0n) is 14.3. The predicted octanol–water partition coefficient (Wildman–Crippen LogP) is 1.36. The maximum absolute atomic E-state index is 12.2. The van der Waals surface area contributed by atoms with Crippen molar-refractivity contribution in [3.8, 4) is 11.5 Å². The van der Waals surface area contributed by atoms with Gasteiger partial charge in [-0.1, -0.05) is 0 Å². The first-order valence-corrected chi connectivity index (χ1v) is 7.44. The number of rotatable bonds is 8. The van der Waals surface area contributed by atoms with Crippen LogP contribution >= 0.6 is 0 Å². The first kappa shape index (κ1) is 18.2. The van der Waals surface area contributed by atoms with Gasteiger partial charge in [-0.3, -0.25) is 9.59 Å². The molecule has 25 heavy (non-hydrogen) atoms. The van der Waals surface area contributed by atoms with E-state index in [4.69, 9.17) is 14.2 Å². The number of ketones is 1. The van der Waals surface area contributed by atoms with Crippen molar-refractivity contribution in [2.24, 2.45) is 0 Å². The second kappa shape index (κ2) is 8.62. The lowest BCUT2D eigenvalue weighted by Crippen LogP contribution is -2.29. The zero-order valence-corrected chi connectivity index (χ0v) is 14.3. The molecule has 0 atom stereocenters. The number of likely N-dealkylation sites (N-methyl/N-ethyl adjacent to an activating group) is 1. The normalized spacial score (nSPS) is 10.0. The van der Waals surface area contributed by atoms with E-state index in [1.807, 2.05) is 0 Å². The number of methoxy groups -OCH3 is 2. The summed E-state index contributed by atoms with van der Waals surface area (Å²) in [6.45, 7) is -0.456. The molecule has 0 unspecified atom stereocenters. The van der Waals surface area contributed by atoms with Crippen molar-refractivity contribution in [2.75, 3.05) is 39.3 Å². The number of anilines is 1. The van der Waals surface area contributed by atoms with Gasteiger partial charge in [-0.05, 0) is 18.2 Å². The van der Waals surface area contributed by atoms with Crippen LogP contribution in [0.25, 0.3) is 0 Å². The summed E-state index contributed by atoms with van der Waals surface area (Å²) in [6, 6.07) is 6.47. The van der Waals surface area contributed by atoms with Gasteiger partial charge < -0.3 is 19.1 Å². The summed E-state index contributed by atoms with van der Waals surface area (Å²) in [7, 11) is 4.63. The Morgan fingerprint density at radius 2 is 1.84 bits per heavy atom. The van der Waals surface area contributed by atoms with Crippen molar-refractivity contribution < 1.29 is 23.8 Å². The summed E-state index contributed by atoms with van der Waals surface area (Å²) in [5.74, 6) is 0.384. The molecule has 0 aliphatic rings. The van der Waals surface area contributed by atoms with Gasteiger partial charge in [0.25, 0.3) is 0 Å². The highest BCUT2D eigenvalue weighted by atomic mass is 16.5. The third kappa shape index (κ3) is 4.90. The molecule has 0 fully saturated rings. The van der Waals surface area contributed by atoms with Crippen LogP contribution in [-0.4, -0.2) is 56.1 Å². The zero-order chi connectivity index (χ0) is 18.2. The highest BCUT2D eigenvalue weighted by Crippen LogP contribution is 2.24. The molecule has 0 N–H and O–H groups in total. The Balaban J connectivity index is 1.92. The molecule has 0 saturated carbocycles. The van der Waals surface area contributed by atoms with Crippen molar-refractivity contribution in [2.45, 2.75) is 0 Å². The van der Waals surface area contributed by atoms with E-state index in [-0.39, 0.29) is 18.9 Å². The van der Waals surface area contributed by atoms with E-state index in [1.54, 1.807) is 43.7 Å². The number of Topliss-reactive ketones (excluding diaryl/α,β-unsaturated/α-hetero) is 1. The van der Waals surface area contributed by atoms with E-state index in [2.05, 4.69) is 9.97 Å². The molecule has 2 rings (SSSR count). The fourth-order valence-corrected chi connectivity index (χ4v) is 2.05. The highest BCUT2D eigenvalue weighted by Gasteiger charge is 2.17. The highest BCUT2D eigenvalue weighted by molar-refractivity contribution is 6.00. The van der Waals surface area contributed by atoms with Gasteiger partial charge in [0.2, 0.25) is 11.7 Å². The summed E-state index contributed by atoms with van der Waals surface area (Å²) in [5.41, 5.74) is 0.316. The number of nitrogens with zero attached hydrogens (tertiary/aromatic N) is 3. The van der Waals surface area contributed by atoms with Crippen LogP contribution in [0.1, 0.15) is 10.4 Å². The standard InChI is InChI=1S/C17H19N3O5/c1-20(17-18-7-4-8-19-17)10-16(22)25-11-14(21)13-6-5-12(23-2)9-15(13)24-3/h4-9H,10-11H2,1-3H3. The van der Waals surface area contributed by atoms with Crippen molar-refractivity contribution in [1.29, 1.82) is 0 Å². The van der Waals surface area contributed by atoms with Gasteiger partial charge in [0.05, 0.1) is 19.8 Å². The minimum Gasteiger partial charge on any atom is -0.497 e. The third-order valence-corrected chi connectivity index (χ3v) is 3.33. The molecule has 8 heteroatoms. The lowest BCUT2D eigenvalue weighted by molar-refractivity contribution is -0.140. The van der Waals surface area contributed by atoms with Crippen molar-refractivity contribution in [1.82, 2.24) is 9.97 Å². The lowest BCUT2D eigenvalue weighted by Gasteiger charge is -2.15. The van der Waals surface area contributed by atoms with Crippen LogP contribution in [0, 0.1) is 0 Å². The van der Waals surface area contributed by atoms with Gasteiger partial charge >= 0.3 is 5.97 Å². The first-order valence-electron chi connectivity index (χ1n) is 7.44. The predicted molar refractivity (Wildman–Crippen MR) is 90.1 cm³/mol. The van der Waals surface area contributed by atoms with E-state index in [9.17, 15) is 9.59 Å². The summed E-state index contributed by atoms with van der Waals surface area (Å²) in [5, 5.41) is 0. The fourth-order valence-electron chi connectivity index (χ4n) is 2.05. The Kier molecular flexibility index (Phi) is 6.27. The van der Waals surface area contributed by atoms with Crippen molar-refractivity contribution in [3.05, 3.63) is 42.2 Å². The number of carbonyl (C=O) groups is 2. The van der Waals surface area contributed by atoms with Gasteiger partial charge in [0.15, 0.2) is 6.61 Å². The van der Waals surface area contributed by atoms with E-state index in [1.165, 1.54) is 19.1 Å². The molecule has 0 saturated heterocycles. The minimum absolute atomic E-state index is 0.0724. The van der Waals surface area contributed by atoms with Crippen LogP contribution < -0.4 is 14.4 Å². The average molecular weight is 345 g/mol. The topological polar surface area (TPSA) is 90.9 Å². The van der Waals surface area contributed by atoms with Gasteiger partial charge in [-0.2, -0.15) is 0 Å². The molecule has 1 heterocycles. The molecule has 1 aromatic heterocycles. The Morgan fingerprint density at radius 1 is 1.12 bits per heavy atom. The Morgan fingerprint density at radius 3 is 2.48 bits per heavy atom. The number of aromatic nitrogens is 2. The molecular weight excluding hydrogens is 326 g/mol. The van der Waals surface area contributed by atoms with E-state index in [0.717, 1.165) is 0 Å². The SMILES string of the molecule is COc1ccc(C(=O)COC(=O)CN(C)c2ncccn2)c(OC)c1. The molecule has 0 amide bonds. The molecule has 0 radical (unpaired) electrons. The summed E-state index contributed by atoms with van der Waals surface area (Å²) >= 11 is 0. The largest absolute Gasteiger partial charge is 0.497 e. The van der Waals surface area contributed by atoms with Crippen LogP contribution in [0.4, 0.5) is 5.95 Å². The number of benzene rings is 1. The second-order valence-electron chi connectivity index (χ2n) is 5.05. The minimum atomic E-state index is -0.559. The maximum atomic E-state index is 12.2. The average Bonchev–Trinajstić information content (AvgIpc) is 2.66. The fraction of sp³-hybridized carbons (Fsp3) is 0.294. The van der Waals surface area contributed by atoms with Gasteiger partial charge in [0.1, 0.15) is 18.0 Å². The number of esters is 1. The van der Waals surface area contributed by atoms with Crippen LogP contribution in [0.15, 0.2) is 36.7 Å². The van der Waals surface area contributed by atoms with Gasteiger partial charge in [-0.15, -0.1) is 0 Å². The van der Waals surface area contributed by atoms with Gasteiger partial charge in [0, 0.05) is 25.5 Å². The van der Waals surface area contributed by atoms with E-state index < -0.39 is 5.97 Å². The molecule has 2 aromatic rings. The molecule has 0 bridgehead atoms. The summed E-state index contributed by atoms with van der Waals surface area (Å²) in [4.78, 5) is 33.7. The number of ether oxygens (including phenoxy) is 3. The smallest absolute Gasteiger partial charge is 0.326 e. The van der Waals surface area contributed by atoms with Crippen molar-refractivity contribution >= 4 is 17.7 Å². The quantitative estimate of drug-likeness (QED) is 0.523. The molecule has 8 nitrogen and oxygen atoms in total. The molecule has 0 aliphatic carbocycles. The Hall–Kier alpha value is -3.16. The van der Waals surface area contributed by atoms with Crippen LogP contribution in [0.5, 0.6) is 11.5 Å². The summed E-state index contributed by atoms with van der Waals surface area (Å²) in [6.07, 6.45) is 3.15.